The molecule has 1 fully saturated rings. The monoisotopic (exact) mass is 453 g/mol. The highest BCUT2D eigenvalue weighted by Gasteiger charge is 2.29. The molecule has 3 N–H and O–H groups in total. The smallest absolute Gasteiger partial charge is 0.254 e. The predicted molar refractivity (Wildman–Crippen MR) is 135 cm³/mol. The van der Waals surface area contributed by atoms with Crippen molar-refractivity contribution < 1.29 is 4.79 Å². The second-order valence-corrected chi connectivity index (χ2v) is 9.04. The summed E-state index contributed by atoms with van der Waals surface area (Å²) in [6, 6.07) is 12.2. The number of carbonyl (C=O) groups excluding carboxylic acids is 1. The fourth-order valence-corrected chi connectivity index (χ4v) is 4.98. The Morgan fingerprint density at radius 2 is 1.79 bits per heavy atom. The summed E-state index contributed by atoms with van der Waals surface area (Å²) in [7, 11) is 2.15. The normalized spacial score (nSPS) is 16.1. The van der Waals surface area contributed by atoms with Crippen molar-refractivity contribution in [1.29, 1.82) is 0 Å². The minimum absolute atomic E-state index is 0.0901. The van der Waals surface area contributed by atoms with E-state index in [0.717, 1.165) is 65.3 Å². The Hall–Kier alpha value is -3.91. The second-order valence-electron chi connectivity index (χ2n) is 9.04. The number of para-hydroxylation sites is 1. The van der Waals surface area contributed by atoms with Crippen LogP contribution in [0.15, 0.2) is 48.8 Å². The Kier molecular flexibility index (Phi) is 4.95. The summed E-state index contributed by atoms with van der Waals surface area (Å²) in [5.74, 6) is 0.602. The maximum Gasteiger partial charge on any atom is 0.254 e. The zero-order valence-corrected chi connectivity index (χ0v) is 19.4. The van der Waals surface area contributed by atoms with Crippen molar-refractivity contribution in [3.63, 3.8) is 0 Å². The zero-order chi connectivity index (χ0) is 23.2. The Morgan fingerprint density at radius 3 is 2.59 bits per heavy atom. The number of pyridine rings is 2. The van der Waals surface area contributed by atoms with Gasteiger partial charge in [-0.05, 0) is 32.2 Å². The number of aromatic nitrogens is 3. The predicted octanol–water partition coefficient (Wildman–Crippen LogP) is 3.67. The van der Waals surface area contributed by atoms with Gasteiger partial charge in [-0.15, -0.1) is 0 Å². The van der Waals surface area contributed by atoms with E-state index in [9.17, 15) is 4.79 Å². The van der Waals surface area contributed by atoms with Gasteiger partial charge < -0.3 is 25.4 Å². The molecule has 1 aromatic carbocycles. The molecule has 0 aliphatic carbocycles. The van der Waals surface area contributed by atoms with Gasteiger partial charge >= 0.3 is 0 Å². The lowest BCUT2D eigenvalue weighted by Gasteiger charge is -2.33. The maximum absolute atomic E-state index is 12.8. The van der Waals surface area contributed by atoms with Crippen LogP contribution in [0, 0.1) is 6.92 Å². The molecular weight excluding hydrogens is 426 g/mol. The summed E-state index contributed by atoms with van der Waals surface area (Å²) in [5.41, 5.74) is 7.33. The quantitative estimate of drug-likeness (QED) is 0.437. The highest BCUT2D eigenvalue weighted by Crippen LogP contribution is 2.38. The van der Waals surface area contributed by atoms with E-state index in [1.165, 1.54) is 0 Å². The average Bonchev–Trinajstić information content (AvgIpc) is 3.40. The van der Waals surface area contributed by atoms with Gasteiger partial charge in [0.25, 0.3) is 5.91 Å². The largest absolute Gasteiger partial charge is 0.368 e. The molecule has 3 aromatic heterocycles. The summed E-state index contributed by atoms with van der Waals surface area (Å²) >= 11 is 0. The first kappa shape index (κ1) is 20.7. The topological polar surface area (TPSA) is 89.2 Å². The summed E-state index contributed by atoms with van der Waals surface area (Å²) in [4.78, 5) is 30.4. The van der Waals surface area contributed by atoms with Gasteiger partial charge in [0.05, 0.1) is 35.0 Å². The lowest BCUT2D eigenvalue weighted by molar-refractivity contribution is 0.0966. The summed E-state index contributed by atoms with van der Waals surface area (Å²) < 4.78 is 0. The number of aryl methyl sites for hydroxylation is 1. The van der Waals surface area contributed by atoms with Crippen LogP contribution in [0.5, 0.6) is 0 Å². The first-order valence-electron chi connectivity index (χ1n) is 11.6. The number of anilines is 3. The van der Waals surface area contributed by atoms with Crippen molar-refractivity contribution in [3.05, 3.63) is 65.6 Å². The molecule has 172 valence electrons. The third-order valence-electron chi connectivity index (χ3n) is 6.84. The number of H-pyrrole nitrogens is 1. The minimum atomic E-state index is -0.0901. The van der Waals surface area contributed by atoms with Crippen LogP contribution in [0.2, 0.25) is 0 Å². The molecule has 8 nitrogen and oxygen atoms in total. The van der Waals surface area contributed by atoms with E-state index in [-0.39, 0.29) is 5.91 Å². The molecule has 34 heavy (non-hydrogen) atoms. The van der Waals surface area contributed by atoms with Crippen LogP contribution in [0.1, 0.15) is 21.6 Å². The second kappa shape index (κ2) is 8.14. The number of hydrogen-bond acceptors (Lipinski definition) is 6. The van der Waals surface area contributed by atoms with Crippen LogP contribution in [0.3, 0.4) is 0 Å². The SMILES string of the molecule is Cc1[nH]c2ccccc2c1-c1ncc(Nc2ccc(N3CCN(C)CC3)cn2)c2c1CNC2=O. The van der Waals surface area contributed by atoms with E-state index < -0.39 is 0 Å². The van der Waals surface area contributed by atoms with Crippen molar-refractivity contribution >= 4 is 34.0 Å². The van der Waals surface area contributed by atoms with E-state index in [2.05, 4.69) is 55.6 Å². The molecular formula is C26H27N7O. The molecule has 8 heteroatoms. The van der Waals surface area contributed by atoms with Gasteiger partial charge in [-0.3, -0.25) is 9.78 Å². The number of carbonyl (C=O) groups is 1. The molecule has 0 atom stereocenters. The zero-order valence-electron chi connectivity index (χ0n) is 19.4. The fourth-order valence-electron chi connectivity index (χ4n) is 4.98. The number of benzene rings is 1. The molecule has 4 aromatic rings. The van der Waals surface area contributed by atoms with Gasteiger partial charge in [-0.25, -0.2) is 4.98 Å². The number of nitrogens with zero attached hydrogens (tertiary/aromatic N) is 4. The van der Waals surface area contributed by atoms with Crippen molar-refractivity contribution in [1.82, 2.24) is 25.2 Å². The molecule has 0 radical (unpaired) electrons. The lowest BCUT2D eigenvalue weighted by Crippen LogP contribution is -2.44. The third kappa shape index (κ3) is 3.47. The molecule has 0 bridgehead atoms. The maximum atomic E-state index is 12.8. The molecule has 1 saturated heterocycles. The van der Waals surface area contributed by atoms with E-state index in [4.69, 9.17) is 4.98 Å². The Morgan fingerprint density at radius 1 is 0.971 bits per heavy atom. The third-order valence-corrected chi connectivity index (χ3v) is 6.84. The first-order chi connectivity index (χ1) is 16.6. The van der Waals surface area contributed by atoms with Crippen molar-refractivity contribution in [2.75, 3.05) is 43.4 Å². The van der Waals surface area contributed by atoms with Crippen LogP contribution in [-0.2, 0) is 6.54 Å². The van der Waals surface area contributed by atoms with Gasteiger partial charge in [0, 0.05) is 60.4 Å². The number of piperazine rings is 1. The molecule has 0 spiro atoms. The van der Waals surface area contributed by atoms with Gasteiger partial charge in [-0.1, -0.05) is 18.2 Å². The Balaban J connectivity index is 1.33. The molecule has 2 aliphatic heterocycles. The average molecular weight is 454 g/mol. The standard InChI is InChI=1S/C26H27N7O/c1-16-23(18-5-3-4-6-20(18)30-16)25-19-14-29-26(34)24(19)21(15-28-25)31-22-8-7-17(13-27-22)33-11-9-32(2)10-12-33/h3-8,13,15,30H,9-12,14H2,1-2H3,(H,27,31)(H,29,34). The lowest BCUT2D eigenvalue weighted by atomic mass is 9.99. The van der Waals surface area contributed by atoms with Crippen LogP contribution in [-0.4, -0.2) is 59.0 Å². The highest BCUT2D eigenvalue weighted by molar-refractivity contribution is 6.07. The Labute approximate surface area is 198 Å². The van der Waals surface area contributed by atoms with Crippen molar-refractivity contribution in [2.24, 2.45) is 0 Å². The number of hydrogen-bond donors (Lipinski definition) is 3. The van der Waals surface area contributed by atoms with Gasteiger partial charge in [0.15, 0.2) is 0 Å². The number of likely N-dealkylation sites (N-methyl/N-ethyl adjacent to an activating group) is 1. The number of fused-ring (bicyclic) bond motifs is 2. The number of aromatic amines is 1. The van der Waals surface area contributed by atoms with Gasteiger partial charge in [0.2, 0.25) is 0 Å². The number of amides is 1. The van der Waals surface area contributed by atoms with Crippen LogP contribution >= 0.6 is 0 Å². The van der Waals surface area contributed by atoms with Crippen LogP contribution in [0.4, 0.5) is 17.2 Å². The van der Waals surface area contributed by atoms with Crippen molar-refractivity contribution in [2.45, 2.75) is 13.5 Å². The van der Waals surface area contributed by atoms with E-state index >= 15 is 0 Å². The summed E-state index contributed by atoms with van der Waals surface area (Å²) in [5, 5.41) is 7.41. The van der Waals surface area contributed by atoms with Crippen molar-refractivity contribution in [3.8, 4) is 11.3 Å². The molecule has 0 saturated carbocycles. The molecule has 2 aliphatic rings. The number of nitrogens with one attached hydrogen (secondary N) is 3. The van der Waals surface area contributed by atoms with Crippen LogP contribution < -0.4 is 15.5 Å². The van der Waals surface area contributed by atoms with Gasteiger partial charge in [0.1, 0.15) is 5.82 Å². The molecule has 5 heterocycles. The molecule has 1 amide bonds. The van der Waals surface area contributed by atoms with Crippen LogP contribution in [0.25, 0.3) is 22.2 Å². The highest BCUT2D eigenvalue weighted by atomic mass is 16.1. The number of rotatable bonds is 4. The molecule has 0 unspecified atom stereocenters. The summed E-state index contributed by atoms with van der Waals surface area (Å²) in [6.07, 6.45) is 3.64. The fraction of sp³-hybridized carbons (Fsp3) is 0.269. The van der Waals surface area contributed by atoms with E-state index in [0.29, 0.717) is 23.6 Å². The summed E-state index contributed by atoms with van der Waals surface area (Å²) in [6.45, 7) is 6.60. The minimum Gasteiger partial charge on any atom is -0.368 e. The van der Waals surface area contributed by atoms with E-state index in [1.807, 2.05) is 31.3 Å². The molecule has 6 rings (SSSR count). The van der Waals surface area contributed by atoms with Gasteiger partial charge in [-0.2, -0.15) is 0 Å². The Bertz CT molecular complexity index is 1380. The van der Waals surface area contributed by atoms with E-state index in [1.54, 1.807) is 6.20 Å². The first-order valence-corrected chi connectivity index (χ1v) is 11.6.